The number of nitrogens with two attached hydrogens (primary N) is 1. The minimum absolute atomic E-state index is 0.248. The fraction of sp³-hybridized carbons (Fsp3) is 0.538. The van der Waals surface area contributed by atoms with Gasteiger partial charge in [0.15, 0.2) is 0 Å². The summed E-state index contributed by atoms with van der Waals surface area (Å²) in [5.41, 5.74) is 6.80. The van der Waals surface area contributed by atoms with Gasteiger partial charge in [0, 0.05) is 6.54 Å². The first-order valence-corrected chi connectivity index (χ1v) is 5.47. The second-order valence-corrected chi connectivity index (χ2v) is 4.78. The summed E-state index contributed by atoms with van der Waals surface area (Å²) in [6.07, 6.45) is 1.04. The molecule has 0 heterocycles. The highest BCUT2D eigenvalue weighted by Crippen LogP contribution is 2.21. The van der Waals surface area contributed by atoms with Gasteiger partial charge in [-0.1, -0.05) is 38.1 Å². The zero-order valence-corrected chi connectivity index (χ0v) is 9.83. The first kappa shape index (κ1) is 12.2. The number of aliphatic hydroxyl groups is 1. The Kier molecular flexibility index (Phi) is 3.89. The molecule has 2 nitrogen and oxygen atoms in total. The van der Waals surface area contributed by atoms with E-state index in [0.717, 1.165) is 12.0 Å². The molecule has 0 aliphatic heterocycles. The third-order valence-electron chi connectivity index (χ3n) is 2.59. The van der Waals surface area contributed by atoms with Crippen molar-refractivity contribution in [2.45, 2.75) is 32.8 Å². The lowest BCUT2D eigenvalue weighted by molar-refractivity contribution is 0.0667. The van der Waals surface area contributed by atoms with E-state index in [1.807, 2.05) is 18.2 Å². The molecular formula is C13H21NO. The van der Waals surface area contributed by atoms with Crippen molar-refractivity contribution in [2.24, 2.45) is 11.7 Å². The van der Waals surface area contributed by atoms with Crippen molar-refractivity contribution in [2.75, 3.05) is 6.54 Å². The summed E-state index contributed by atoms with van der Waals surface area (Å²) < 4.78 is 0. The summed E-state index contributed by atoms with van der Waals surface area (Å²) in [6.45, 7) is 6.38. The summed E-state index contributed by atoms with van der Waals surface area (Å²) in [5, 5.41) is 10.0. The zero-order chi connectivity index (χ0) is 11.5. The highest BCUT2D eigenvalue weighted by atomic mass is 16.3. The van der Waals surface area contributed by atoms with Crippen molar-refractivity contribution >= 4 is 0 Å². The molecule has 0 amide bonds. The first-order valence-electron chi connectivity index (χ1n) is 5.47. The van der Waals surface area contributed by atoms with Crippen LogP contribution in [0.15, 0.2) is 24.3 Å². The van der Waals surface area contributed by atoms with Crippen LogP contribution in [0.25, 0.3) is 0 Å². The predicted octanol–water partition coefficient (Wildman–Crippen LogP) is 2.05. The van der Waals surface area contributed by atoms with Crippen LogP contribution in [0.4, 0.5) is 0 Å². The van der Waals surface area contributed by atoms with Crippen molar-refractivity contribution < 1.29 is 5.11 Å². The van der Waals surface area contributed by atoms with Crippen LogP contribution in [0, 0.1) is 5.92 Å². The molecule has 0 aliphatic carbocycles. The van der Waals surface area contributed by atoms with E-state index >= 15 is 0 Å². The van der Waals surface area contributed by atoms with Crippen LogP contribution >= 0.6 is 0 Å². The van der Waals surface area contributed by atoms with Gasteiger partial charge >= 0.3 is 0 Å². The minimum Gasteiger partial charge on any atom is -0.384 e. The summed E-state index contributed by atoms with van der Waals surface area (Å²) >= 11 is 0. The summed E-state index contributed by atoms with van der Waals surface area (Å²) in [4.78, 5) is 0. The van der Waals surface area contributed by atoms with Crippen LogP contribution in [-0.4, -0.2) is 11.7 Å². The van der Waals surface area contributed by atoms with Gasteiger partial charge < -0.3 is 10.8 Å². The Morgan fingerprint density at radius 3 is 2.60 bits per heavy atom. The molecule has 0 spiro atoms. The van der Waals surface area contributed by atoms with Gasteiger partial charge in [-0.25, -0.2) is 0 Å². The fourth-order valence-corrected chi connectivity index (χ4v) is 1.62. The molecule has 0 aliphatic rings. The van der Waals surface area contributed by atoms with Crippen molar-refractivity contribution in [1.29, 1.82) is 0 Å². The largest absolute Gasteiger partial charge is 0.384 e. The van der Waals surface area contributed by atoms with Crippen molar-refractivity contribution in [1.82, 2.24) is 0 Å². The molecule has 1 unspecified atom stereocenters. The van der Waals surface area contributed by atoms with Gasteiger partial charge in [0.1, 0.15) is 0 Å². The van der Waals surface area contributed by atoms with Crippen molar-refractivity contribution in [3.63, 3.8) is 0 Å². The zero-order valence-electron chi connectivity index (χ0n) is 9.83. The van der Waals surface area contributed by atoms with Gasteiger partial charge in [0.05, 0.1) is 5.60 Å². The number of benzene rings is 1. The number of rotatable bonds is 4. The smallest absolute Gasteiger partial charge is 0.0990 e. The van der Waals surface area contributed by atoms with Crippen LogP contribution in [-0.2, 0) is 12.0 Å². The Bertz CT molecular complexity index is 318. The van der Waals surface area contributed by atoms with Crippen LogP contribution in [0.2, 0.25) is 0 Å². The average Bonchev–Trinajstić information content (AvgIpc) is 2.17. The van der Waals surface area contributed by atoms with Crippen LogP contribution < -0.4 is 5.73 Å². The van der Waals surface area contributed by atoms with Gasteiger partial charge in [-0.3, -0.25) is 0 Å². The molecule has 3 N–H and O–H groups in total. The molecular weight excluding hydrogens is 186 g/mol. The topological polar surface area (TPSA) is 46.2 Å². The molecule has 1 atom stereocenters. The van der Waals surface area contributed by atoms with E-state index < -0.39 is 5.60 Å². The van der Waals surface area contributed by atoms with Gasteiger partial charge in [0.25, 0.3) is 0 Å². The monoisotopic (exact) mass is 207 g/mol. The van der Waals surface area contributed by atoms with Gasteiger partial charge in [0.2, 0.25) is 0 Å². The predicted molar refractivity (Wildman–Crippen MR) is 63.6 cm³/mol. The van der Waals surface area contributed by atoms with Crippen molar-refractivity contribution in [3.8, 4) is 0 Å². The van der Waals surface area contributed by atoms with E-state index in [4.69, 9.17) is 5.73 Å². The molecule has 0 radical (unpaired) electrons. The minimum atomic E-state index is -0.910. The maximum absolute atomic E-state index is 10.0. The van der Waals surface area contributed by atoms with E-state index in [1.165, 1.54) is 5.56 Å². The van der Waals surface area contributed by atoms with E-state index in [-0.39, 0.29) is 6.54 Å². The fourth-order valence-electron chi connectivity index (χ4n) is 1.62. The van der Waals surface area contributed by atoms with Crippen LogP contribution in [0.1, 0.15) is 31.9 Å². The standard InChI is InChI=1S/C13H21NO/c1-10(2)7-11-5-4-6-12(8-11)13(3,15)9-14/h4-6,8,10,15H,7,9,14H2,1-3H3. The maximum atomic E-state index is 10.0. The molecule has 0 fully saturated rings. The summed E-state index contributed by atoms with van der Waals surface area (Å²) in [6, 6.07) is 8.05. The lowest BCUT2D eigenvalue weighted by Gasteiger charge is -2.22. The van der Waals surface area contributed by atoms with Crippen molar-refractivity contribution in [3.05, 3.63) is 35.4 Å². The second kappa shape index (κ2) is 4.77. The Morgan fingerprint density at radius 1 is 1.40 bits per heavy atom. The van der Waals surface area contributed by atoms with Gasteiger partial charge in [-0.2, -0.15) is 0 Å². The third kappa shape index (κ3) is 3.33. The second-order valence-electron chi connectivity index (χ2n) is 4.78. The van der Waals surface area contributed by atoms with E-state index in [0.29, 0.717) is 5.92 Å². The van der Waals surface area contributed by atoms with E-state index in [2.05, 4.69) is 19.9 Å². The lowest BCUT2D eigenvalue weighted by Crippen LogP contribution is -2.31. The molecule has 2 heteroatoms. The normalized spacial score (nSPS) is 15.3. The quantitative estimate of drug-likeness (QED) is 0.793. The molecule has 15 heavy (non-hydrogen) atoms. The number of hydrogen-bond donors (Lipinski definition) is 2. The molecule has 84 valence electrons. The van der Waals surface area contributed by atoms with E-state index in [9.17, 15) is 5.11 Å². The molecule has 1 aromatic rings. The Balaban J connectivity index is 2.92. The SMILES string of the molecule is CC(C)Cc1cccc(C(C)(O)CN)c1. The highest BCUT2D eigenvalue weighted by molar-refractivity contribution is 5.28. The highest BCUT2D eigenvalue weighted by Gasteiger charge is 2.20. The molecule has 0 aromatic heterocycles. The molecule has 0 bridgehead atoms. The maximum Gasteiger partial charge on any atom is 0.0990 e. The lowest BCUT2D eigenvalue weighted by atomic mass is 9.92. The van der Waals surface area contributed by atoms with E-state index in [1.54, 1.807) is 6.92 Å². The summed E-state index contributed by atoms with van der Waals surface area (Å²) in [5.74, 6) is 0.628. The van der Waals surface area contributed by atoms with Gasteiger partial charge in [-0.15, -0.1) is 0 Å². The van der Waals surface area contributed by atoms with Gasteiger partial charge in [-0.05, 0) is 30.4 Å². The molecule has 1 aromatic carbocycles. The molecule has 1 rings (SSSR count). The van der Waals surface area contributed by atoms with Crippen LogP contribution in [0.3, 0.4) is 0 Å². The number of hydrogen-bond acceptors (Lipinski definition) is 2. The molecule has 0 saturated carbocycles. The first-order chi connectivity index (χ1) is 6.95. The Hall–Kier alpha value is -0.860. The third-order valence-corrected chi connectivity index (χ3v) is 2.59. The summed E-state index contributed by atoms with van der Waals surface area (Å²) in [7, 11) is 0. The Labute approximate surface area is 92.1 Å². The van der Waals surface area contributed by atoms with Crippen LogP contribution in [0.5, 0.6) is 0 Å². The molecule has 0 saturated heterocycles. The Morgan fingerprint density at radius 2 is 2.07 bits per heavy atom. The average molecular weight is 207 g/mol.